The summed E-state index contributed by atoms with van der Waals surface area (Å²) in [4.78, 5) is 11.6. The van der Waals surface area contributed by atoms with E-state index >= 15 is 0 Å². The van der Waals surface area contributed by atoms with Crippen LogP contribution in [0, 0.1) is 0 Å². The Labute approximate surface area is 122 Å². The maximum Gasteiger partial charge on any atom is 0.325 e. The molecular formula is C13H17BrClNO2. The highest BCUT2D eigenvalue weighted by atomic mass is 79.9. The normalized spacial score (nSPS) is 26.5. The average molecular weight is 335 g/mol. The van der Waals surface area contributed by atoms with Crippen molar-refractivity contribution in [2.24, 2.45) is 5.73 Å². The minimum absolute atomic E-state index is 0. The number of carbonyl (C=O) groups excluding carboxylic acids is 1. The number of methoxy groups -OCH3 is 1. The molecule has 1 aliphatic rings. The molecule has 1 aromatic carbocycles. The fraction of sp³-hybridized carbons (Fsp3) is 0.462. The van der Waals surface area contributed by atoms with Gasteiger partial charge in [0, 0.05) is 4.47 Å². The molecule has 2 N–H and O–H groups in total. The van der Waals surface area contributed by atoms with Gasteiger partial charge in [0.05, 0.1) is 7.11 Å². The minimum Gasteiger partial charge on any atom is -0.468 e. The lowest BCUT2D eigenvalue weighted by molar-refractivity contribution is -0.146. The van der Waals surface area contributed by atoms with Crippen LogP contribution in [0.2, 0.25) is 0 Å². The summed E-state index contributed by atoms with van der Waals surface area (Å²) in [6.45, 7) is 0. The summed E-state index contributed by atoms with van der Waals surface area (Å²) >= 11 is 3.41. The van der Waals surface area contributed by atoms with Crippen molar-refractivity contribution in [2.45, 2.75) is 30.7 Å². The summed E-state index contributed by atoms with van der Waals surface area (Å²) in [5, 5.41) is 0. The van der Waals surface area contributed by atoms with Gasteiger partial charge in [0.25, 0.3) is 0 Å². The number of halogens is 2. The van der Waals surface area contributed by atoms with Crippen LogP contribution in [-0.2, 0) is 9.53 Å². The summed E-state index contributed by atoms with van der Waals surface area (Å²) in [7, 11) is 1.39. The van der Waals surface area contributed by atoms with Crippen molar-refractivity contribution in [3.8, 4) is 0 Å². The van der Waals surface area contributed by atoms with E-state index in [1.807, 2.05) is 12.1 Å². The van der Waals surface area contributed by atoms with E-state index in [4.69, 9.17) is 10.5 Å². The van der Waals surface area contributed by atoms with Crippen LogP contribution in [0.25, 0.3) is 0 Å². The molecule has 0 bridgehead atoms. The Hall–Kier alpha value is -0.580. The van der Waals surface area contributed by atoms with Crippen molar-refractivity contribution in [1.82, 2.24) is 0 Å². The molecule has 2 atom stereocenters. The van der Waals surface area contributed by atoms with E-state index in [0.29, 0.717) is 18.8 Å². The summed E-state index contributed by atoms with van der Waals surface area (Å²) in [5.74, 6) is 0.0595. The van der Waals surface area contributed by atoms with Gasteiger partial charge in [-0.15, -0.1) is 12.4 Å². The number of hydrogen-bond acceptors (Lipinski definition) is 3. The molecule has 0 amide bonds. The molecule has 0 heterocycles. The molecule has 0 radical (unpaired) electrons. The van der Waals surface area contributed by atoms with Crippen molar-refractivity contribution in [3.63, 3.8) is 0 Å². The summed E-state index contributed by atoms with van der Waals surface area (Å²) in [6.07, 6.45) is 2.30. The third-order valence-corrected chi connectivity index (χ3v) is 4.01. The van der Waals surface area contributed by atoms with Gasteiger partial charge in [-0.2, -0.15) is 0 Å². The number of esters is 1. The molecule has 1 aliphatic carbocycles. The molecule has 3 nitrogen and oxygen atoms in total. The fourth-order valence-electron chi connectivity index (χ4n) is 2.48. The molecule has 0 saturated heterocycles. The quantitative estimate of drug-likeness (QED) is 0.846. The molecule has 0 aliphatic heterocycles. The van der Waals surface area contributed by atoms with E-state index < -0.39 is 5.54 Å². The van der Waals surface area contributed by atoms with Gasteiger partial charge in [0.2, 0.25) is 0 Å². The molecule has 18 heavy (non-hydrogen) atoms. The van der Waals surface area contributed by atoms with Gasteiger partial charge in [-0.3, -0.25) is 4.79 Å². The molecule has 1 fully saturated rings. The minimum atomic E-state index is -0.799. The third-order valence-electron chi connectivity index (χ3n) is 3.48. The Morgan fingerprint density at radius 2 is 2.06 bits per heavy atom. The van der Waals surface area contributed by atoms with Gasteiger partial charge in [-0.05, 0) is 42.9 Å². The number of benzene rings is 1. The van der Waals surface area contributed by atoms with E-state index in [1.54, 1.807) is 0 Å². The first kappa shape index (κ1) is 15.5. The van der Waals surface area contributed by atoms with Crippen molar-refractivity contribution >= 4 is 34.3 Å². The zero-order valence-electron chi connectivity index (χ0n) is 10.2. The van der Waals surface area contributed by atoms with E-state index in [1.165, 1.54) is 12.7 Å². The highest BCUT2D eigenvalue weighted by molar-refractivity contribution is 9.10. The van der Waals surface area contributed by atoms with Crippen molar-refractivity contribution < 1.29 is 9.53 Å². The molecule has 0 aromatic heterocycles. The van der Waals surface area contributed by atoms with Crippen LogP contribution >= 0.6 is 28.3 Å². The maximum absolute atomic E-state index is 11.6. The lowest BCUT2D eigenvalue weighted by Crippen LogP contribution is -2.46. The monoisotopic (exact) mass is 333 g/mol. The zero-order chi connectivity index (χ0) is 12.5. The highest BCUT2D eigenvalue weighted by Crippen LogP contribution is 2.40. The Balaban J connectivity index is 0.00000162. The number of carbonyl (C=O) groups is 1. The molecule has 1 saturated carbocycles. The second-order valence-corrected chi connectivity index (χ2v) is 5.55. The van der Waals surface area contributed by atoms with Gasteiger partial charge < -0.3 is 10.5 Å². The number of nitrogens with two attached hydrogens (primary N) is 1. The fourth-order valence-corrected chi connectivity index (χ4v) is 2.75. The lowest BCUT2D eigenvalue weighted by Gasteiger charge is -2.20. The molecular weight excluding hydrogens is 318 g/mol. The van der Waals surface area contributed by atoms with Crippen LogP contribution < -0.4 is 5.73 Å². The van der Waals surface area contributed by atoms with Gasteiger partial charge >= 0.3 is 5.97 Å². The van der Waals surface area contributed by atoms with E-state index in [0.717, 1.165) is 10.9 Å². The zero-order valence-corrected chi connectivity index (χ0v) is 12.6. The molecule has 0 spiro atoms. The smallest absolute Gasteiger partial charge is 0.325 e. The van der Waals surface area contributed by atoms with Crippen molar-refractivity contribution in [3.05, 3.63) is 34.3 Å². The highest BCUT2D eigenvalue weighted by Gasteiger charge is 2.43. The SMILES string of the molecule is COC(=O)[C@]1(N)CC[C@@H](c2ccc(Br)cc2)C1.Cl. The Bertz CT molecular complexity index is 424. The molecule has 1 aromatic rings. The topological polar surface area (TPSA) is 52.3 Å². The van der Waals surface area contributed by atoms with Crippen molar-refractivity contribution in [1.29, 1.82) is 0 Å². The summed E-state index contributed by atoms with van der Waals surface area (Å²) in [5.41, 5.74) is 6.53. The first-order valence-corrected chi connectivity index (χ1v) is 6.47. The second kappa shape index (κ2) is 6.04. The van der Waals surface area contributed by atoms with Crippen LogP contribution in [-0.4, -0.2) is 18.6 Å². The maximum atomic E-state index is 11.6. The van der Waals surface area contributed by atoms with Crippen LogP contribution in [0.3, 0.4) is 0 Å². The van der Waals surface area contributed by atoms with Crippen LogP contribution in [0.5, 0.6) is 0 Å². The third kappa shape index (κ3) is 3.05. The molecule has 0 unspecified atom stereocenters. The Morgan fingerprint density at radius 3 is 2.61 bits per heavy atom. The predicted octanol–water partition coefficient (Wildman–Crippen LogP) is 3.01. The van der Waals surface area contributed by atoms with E-state index in [2.05, 4.69) is 28.1 Å². The van der Waals surface area contributed by atoms with Crippen LogP contribution in [0.4, 0.5) is 0 Å². The standard InChI is InChI=1S/C13H16BrNO2.ClH/c1-17-12(16)13(15)7-6-10(8-13)9-2-4-11(14)5-3-9;/h2-5,10H,6-8,15H2,1H3;1H/t10-,13+;/m1./s1. The first-order valence-electron chi connectivity index (χ1n) is 5.68. The first-order chi connectivity index (χ1) is 8.05. The molecule has 2 rings (SSSR count). The number of ether oxygens (including phenoxy) is 1. The van der Waals surface area contributed by atoms with Gasteiger partial charge in [-0.1, -0.05) is 28.1 Å². The Kier molecular flexibility index (Phi) is 5.20. The van der Waals surface area contributed by atoms with Crippen LogP contribution in [0.1, 0.15) is 30.7 Å². The summed E-state index contributed by atoms with van der Waals surface area (Å²) in [6, 6.07) is 8.20. The number of hydrogen-bond donors (Lipinski definition) is 1. The van der Waals surface area contributed by atoms with Gasteiger partial charge in [0.15, 0.2) is 0 Å². The average Bonchev–Trinajstić information content (AvgIpc) is 2.73. The molecule has 100 valence electrons. The lowest BCUT2D eigenvalue weighted by atomic mass is 9.93. The van der Waals surface area contributed by atoms with E-state index in [-0.39, 0.29) is 18.4 Å². The van der Waals surface area contributed by atoms with Crippen LogP contribution in [0.15, 0.2) is 28.7 Å². The second-order valence-electron chi connectivity index (χ2n) is 4.64. The predicted molar refractivity (Wildman–Crippen MR) is 76.9 cm³/mol. The van der Waals surface area contributed by atoms with Crippen molar-refractivity contribution in [2.75, 3.05) is 7.11 Å². The van der Waals surface area contributed by atoms with Gasteiger partial charge in [-0.25, -0.2) is 0 Å². The molecule has 5 heteroatoms. The van der Waals surface area contributed by atoms with Gasteiger partial charge in [0.1, 0.15) is 5.54 Å². The Morgan fingerprint density at radius 1 is 1.44 bits per heavy atom. The van der Waals surface area contributed by atoms with E-state index in [9.17, 15) is 4.79 Å². The number of rotatable bonds is 2. The summed E-state index contributed by atoms with van der Waals surface area (Å²) < 4.78 is 5.83. The largest absolute Gasteiger partial charge is 0.468 e.